The van der Waals surface area contributed by atoms with E-state index in [0.29, 0.717) is 46.7 Å². The van der Waals surface area contributed by atoms with Crippen molar-refractivity contribution in [2.24, 2.45) is 10.7 Å². The minimum atomic E-state index is -3.03. The van der Waals surface area contributed by atoms with Gasteiger partial charge >= 0.3 is 6.61 Å². The van der Waals surface area contributed by atoms with Crippen molar-refractivity contribution >= 4 is 28.5 Å². The molecule has 1 aliphatic heterocycles. The molecular weight excluding hydrogens is 493 g/mol. The number of fused-ring (bicyclic) bond motifs is 3. The van der Waals surface area contributed by atoms with Gasteiger partial charge in [-0.25, -0.2) is 9.37 Å². The minimum Gasteiger partial charge on any atom is -0.434 e. The van der Waals surface area contributed by atoms with E-state index in [0.717, 1.165) is 0 Å². The minimum absolute atomic E-state index is 0.0391. The largest absolute Gasteiger partial charge is 0.434 e. The Hall–Kier alpha value is -3.14. The van der Waals surface area contributed by atoms with Crippen molar-refractivity contribution in [2.45, 2.75) is 50.9 Å². The normalized spacial score (nSPS) is 19.9. The predicted octanol–water partition coefficient (Wildman–Crippen LogP) is 5.78. The Kier molecular flexibility index (Phi) is 6.18. The number of aliphatic hydroxyl groups is 1. The quantitative estimate of drug-likeness (QED) is 0.450. The Labute approximate surface area is 210 Å². The molecule has 2 atom stereocenters. The predicted molar refractivity (Wildman–Crippen MR) is 132 cm³/mol. The summed E-state index contributed by atoms with van der Waals surface area (Å²) in [5.41, 5.74) is 8.50. The maximum atomic E-state index is 15.2. The maximum Gasteiger partial charge on any atom is 0.387 e. The first-order valence-electron chi connectivity index (χ1n) is 11.4. The fraction of sp³-hybridized carbons (Fsp3) is 0.308. The van der Waals surface area contributed by atoms with E-state index in [-0.39, 0.29) is 16.3 Å². The van der Waals surface area contributed by atoms with Crippen molar-refractivity contribution in [2.75, 3.05) is 0 Å². The highest BCUT2D eigenvalue weighted by atomic mass is 35.5. The standard InChI is InChI=1S/C26H24ClF3N4O2/c1-26(2,35)20-8-3-5-13(11-32-20)15-12-34-21(10-17(15)28)33-23-18(31)9-14(24(23)34)22-16(27)6-4-7-19(22)36-25(29)30/h3-7,10-12,14,18,25,35H,8-9,31H2,1-2H3/t14-,18?/m0/s1. The number of benzene rings is 1. The van der Waals surface area contributed by atoms with Crippen LogP contribution in [0.4, 0.5) is 13.2 Å². The summed E-state index contributed by atoms with van der Waals surface area (Å²) in [7, 11) is 0. The van der Waals surface area contributed by atoms with Crippen molar-refractivity contribution in [1.82, 2.24) is 9.38 Å². The van der Waals surface area contributed by atoms with Crippen LogP contribution in [0, 0.1) is 5.82 Å². The number of aromatic nitrogens is 2. The molecule has 5 rings (SSSR count). The summed E-state index contributed by atoms with van der Waals surface area (Å²) in [4.78, 5) is 8.93. The Balaban J connectivity index is 1.67. The highest BCUT2D eigenvalue weighted by Crippen LogP contribution is 2.48. The summed E-state index contributed by atoms with van der Waals surface area (Å²) in [5.74, 6) is -1.04. The summed E-state index contributed by atoms with van der Waals surface area (Å²) < 4.78 is 48.0. The second-order valence-corrected chi connectivity index (χ2v) is 9.80. The average Bonchev–Trinajstić information content (AvgIpc) is 3.16. The van der Waals surface area contributed by atoms with Crippen LogP contribution in [0.1, 0.15) is 61.2 Å². The van der Waals surface area contributed by atoms with Crippen LogP contribution in [0.25, 0.3) is 11.2 Å². The molecule has 0 amide bonds. The molecule has 3 aromatic rings. The number of nitrogens with zero attached hydrogens (tertiary/aromatic N) is 3. The Morgan fingerprint density at radius 3 is 2.81 bits per heavy atom. The van der Waals surface area contributed by atoms with Gasteiger partial charge in [-0.3, -0.25) is 4.99 Å². The number of alkyl halides is 2. The third-order valence-electron chi connectivity index (χ3n) is 6.51. The van der Waals surface area contributed by atoms with Crippen molar-refractivity contribution < 1.29 is 23.0 Å². The lowest BCUT2D eigenvalue weighted by Crippen LogP contribution is -2.30. The SMILES string of the molecule is CC(C)(O)C1=NC=C(c2cn3c4c(nc3cc2F)C(N)C[C@H]4c2c(Cl)cccc2OC(F)F)C=CC1. The third kappa shape index (κ3) is 4.31. The van der Waals surface area contributed by atoms with Gasteiger partial charge in [0.25, 0.3) is 0 Å². The maximum absolute atomic E-state index is 15.2. The molecule has 188 valence electrons. The topological polar surface area (TPSA) is 85.1 Å². The number of allylic oxidation sites excluding steroid dienone is 3. The van der Waals surface area contributed by atoms with Crippen molar-refractivity contribution in [3.63, 3.8) is 0 Å². The lowest BCUT2D eigenvalue weighted by molar-refractivity contribution is -0.0505. The lowest BCUT2D eigenvalue weighted by Gasteiger charge is -2.19. The van der Waals surface area contributed by atoms with Gasteiger partial charge in [-0.15, -0.1) is 0 Å². The molecule has 2 aromatic heterocycles. The van der Waals surface area contributed by atoms with Crippen molar-refractivity contribution in [3.05, 3.63) is 82.2 Å². The Bertz CT molecular complexity index is 1440. The molecule has 1 unspecified atom stereocenters. The van der Waals surface area contributed by atoms with Gasteiger partial charge in [0.2, 0.25) is 0 Å². The highest BCUT2D eigenvalue weighted by Gasteiger charge is 2.38. The van der Waals surface area contributed by atoms with Gasteiger partial charge in [-0.1, -0.05) is 29.8 Å². The van der Waals surface area contributed by atoms with Crippen LogP contribution < -0.4 is 10.5 Å². The van der Waals surface area contributed by atoms with Gasteiger partial charge in [0, 0.05) is 58.6 Å². The second kappa shape index (κ2) is 9.06. The molecule has 1 aliphatic carbocycles. The summed E-state index contributed by atoms with van der Waals surface area (Å²) in [6, 6.07) is 5.38. The summed E-state index contributed by atoms with van der Waals surface area (Å²) in [5, 5.41) is 10.6. The second-order valence-electron chi connectivity index (χ2n) is 9.40. The Morgan fingerprint density at radius 1 is 1.31 bits per heavy atom. The number of aliphatic imine (C=N–C) groups is 1. The molecule has 6 nitrogen and oxygen atoms in total. The van der Waals surface area contributed by atoms with E-state index in [4.69, 9.17) is 22.1 Å². The molecule has 3 N–H and O–H groups in total. The number of halogens is 4. The number of rotatable bonds is 5. The third-order valence-corrected chi connectivity index (χ3v) is 6.84. The first kappa shape index (κ1) is 24.5. The van der Waals surface area contributed by atoms with Crippen LogP contribution in [0.5, 0.6) is 5.75 Å². The lowest BCUT2D eigenvalue weighted by atomic mass is 9.95. The number of pyridine rings is 1. The average molecular weight is 517 g/mol. The van der Waals surface area contributed by atoms with E-state index >= 15 is 4.39 Å². The van der Waals surface area contributed by atoms with Gasteiger partial charge in [-0.05, 0) is 32.4 Å². The first-order chi connectivity index (χ1) is 17.0. The molecule has 3 heterocycles. The van der Waals surface area contributed by atoms with Gasteiger partial charge in [0.1, 0.15) is 17.2 Å². The number of hydrogen-bond donors (Lipinski definition) is 2. The fourth-order valence-electron chi connectivity index (χ4n) is 4.83. The zero-order valence-corrected chi connectivity index (χ0v) is 20.3. The van der Waals surface area contributed by atoms with E-state index in [9.17, 15) is 13.9 Å². The first-order valence-corrected chi connectivity index (χ1v) is 11.8. The van der Waals surface area contributed by atoms with E-state index in [2.05, 4.69) is 9.98 Å². The summed E-state index contributed by atoms with van der Waals surface area (Å²) >= 11 is 6.46. The van der Waals surface area contributed by atoms with E-state index in [1.807, 2.05) is 6.08 Å². The van der Waals surface area contributed by atoms with Gasteiger partial charge in [0.15, 0.2) is 0 Å². The molecule has 0 radical (unpaired) electrons. The summed E-state index contributed by atoms with van der Waals surface area (Å²) in [6.45, 7) is 0.261. The van der Waals surface area contributed by atoms with Crippen LogP contribution in [-0.2, 0) is 0 Å². The summed E-state index contributed by atoms with van der Waals surface area (Å²) in [6.07, 6.45) is 7.48. The van der Waals surface area contributed by atoms with Gasteiger partial charge < -0.3 is 20.0 Å². The zero-order chi connectivity index (χ0) is 25.8. The fourth-order valence-corrected chi connectivity index (χ4v) is 5.12. The van der Waals surface area contributed by atoms with Crippen LogP contribution in [0.2, 0.25) is 5.02 Å². The molecule has 0 fully saturated rings. The molecule has 2 aliphatic rings. The molecule has 0 bridgehead atoms. The molecular formula is C26H24ClF3N4O2. The van der Waals surface area contributed by atoms with Gasteiger partial charge in [-0.2, -0.15) is 8.78 Å². The van der Waals surface area contributed by atoms with E-state index in [1.54, 1.807) is 36.6 Å². The van der Waals surface area contributed by atoms with Crippen LogP contribution in [0.3, 0.4) is 0 Å². The van der Waals surface area contributed by atoms with Gasteiger partial charge in [0.05, 0.1) is 22.7 Å². The smallest absolute Gasteiger partial charge is 0.387 e. The number of ether oxygens (including phenoxy) is 1. The van der Waals surface area contributed by atoms with Crippen LogP contribution >= 0.6 is 11.6 Å². The molecule has 10 heteroatoms. The number of hydrogen-bond acceptors (Lipinski definition) is 5. The monoisotopic (exact) mass is 516 g/mol. The highest BCUT2D eigenvalue weighted by molar-refractivity contribution is 6.31. The Morgan fingerprint density at radius 2 is 2.08 bits per heavy atom. The van der Waals surface area contributed by atoms with Crippen LogP contribution in [0.15, 0.2) is 53.8 Å². The molecule has 36 heavy (non-hydrogen) atoms. The van der Waals surface area contributed by atoms with E-state index < -0.39 is 30.0 Å². The van der Waals surface area contributed by atoms with Crippen LogP contribution in [-0.4, -0.2) is 32.4 Å². The number of imidazole rings is 1. The van der Waals surface area contributed by atoms with Crippen molar-refractivity contribution in [1.29, 1.82) is 0 Å². The molecule has 0 spiro atoms. The van der Waals surface area contributed by atoms with E-state index in [1.165, 1.54) is 24.4 Å². The molecule has 0 saturated carbocycles. The molecule has 0 saturated heterocycles. The van der Waals surface area contributed by atoms with Crippen molar-refractivity contribution in [3.8, 4) is 5.75 Å². The molecule has 1 aromatic carbocycles. The zero-order valence-electron chi connectivity index (χ0n) is 19.6. The number of nitrogens with two attached hydrogens (primary N) is 1.